The lowest BCUT2D eigenvalue weighted by Crippen LogP contribution is -2.54. The van der Waals surface area contributed by atoms with Crippen molar-refractivity contribution in [3.8, 4) is 0 Å². The molecular weight excluding hydrogens is 501 g/mol. The van der Waals surface area contributed by atoms with Crippen LogP contribution < -0.4 is 16.0 Å². The van der Waals surface area contributed by atoms with Crippen molar-refractivity contribution in [2.45, 2.75) is 71.4 Å². The lowest BCUT2D eigenvalue weighted by Gasteiger charge is -2.41. The molecule has 0 spiro atoms. The summed E-state index contributed by atoms with van der Waals surface area (Å²) in [5.74, 6) is 1.18. The Morgan fingerprint density at radius 1 is 1.13 bits per heavy atom. The van der Waals surface area contributed by atoms with Crippen molar-refractivity contribution < 1.29 is 4.79 Å². The van der Waals surface area contributed by atoms with E-state index >= 15 is 0 Å². The Hall–Kier alpha value is -1.35. The SMILES string of the molecule is CCNC(=NCc1cccc(NC(=O)C2CCC2)c1)NCC(C)(C)N1CCCCC1.I. The number of guanidine groups is 1. The molecule has 0 radical (unpaired) electrons. The average molecular weight is 542 g/mol. The fourth-order valence-electron chi connectivity index (χ4n) is 4.09. The summed E-state index contributed by atoms with van der Waals surface area (Å²) in [5, 5.41) is 9.94. The van der Waals surface area contributed by atoms with E-state index in [0.717, 1.165) is 43.1 Å². The van der Waals surface area contributed by atoms with Gasteiger partial charge in [0, 0.05) is 30.2 Å². The molecule has 1 aliphatic carbocycles. The summed E-state index contributed by atoms with van der Waals surface area (Å²) in [5.41, 5.74) is 2.06. The number of halogens is 1. The second-order valence-electron chi connectivity index (χ2n) is 9.23. The fraction of sp³-hybridized carbons (Fsp3) is 0.667. The number of nitrogens with one attached hydrogen (secondary N) is 3. The molecule has 1 aliphatic heterocycles. The smallest absolute Gasteiger partial charge is 0.227 e. The highest BCUT2D eigenvalue weighted by Gasteiger charge is 2.28. The molecule has 2 fully saturated rings. The number of amides is 1. The first kappa shape index (κ1) is 25.9. The van der Waals surface area contributed by atoms with E-state index in [2.05, 4.69) is 47.7 Å². The van der Waals surface area contributed by atoms with E-state index in [4.69, 9.17) is 4.99 Å². The van der Waals surface area contributed by atoms with Gasteiger partial charge in [0.15, 0.2) is 5.96 Å². The highest BCUT2D eigenvalue weighted by Crippen LogP contribution is 2.27. The predicted molar refractivity (Wildman–Crippen MR) is 140 cm³/mol. The van der Waals surface area contributed by atoms with Crippen LogP contribution in [0.2, 0.25) is 0 Å². The van der Waals surface area contributed by atoms with Gasteiger partial charge in [0.2, 0.25) is 5.91 Å². The van der Waals surface area contributed by atoms with E-state index in [1.165, 1.54) is 38.8 Å². The number of benzene rings is 1. The maximum absolute atomic E-state index is 12.2. The van der Waals surface area contributed by atoms with Gasteiger partial charge in [-0.15, -0.1) is 24.0 Å². The van der Waals surface area contributed by atoms with E-state index < -0.39 is 0 Å². The summed E-state index contributed by atoms with van der Waals surface area (Å²) in [6.45, 7) is 11.3. The van der Waals surface area contributed by atoms with Gasteiger partial charge in [-0.3, -0.25) is 9.69 Å². The van der Waals surface area contributed by atoms with Gasteiger partial charge in [-0.2, -0.15) is 0 Å². The van der Waals surface area contributed by atoms with Gasteiger partial charge in [-0.1, -0.05) is 25.0 Å². The third-order valence-corrected chi connectivity index (χ3v) is 6.34. The Balaban J connectivity index is 0.00000341. The van der Waals surface area contributed by atoms with Gasteiger partial charge in [0.25, 0.3) is 0 Å². The van der Waals surface area contributed by atoms with Crippen LogP contribution in [0.15, 0.2) is 29.3 Å². The Morgan fingerprint density at radius 3 is 2.52 bits per heavy atom. The van der Waals surface area contributed by atoms with E-state index in [-0.39, 0.29) is 41.3 Å². The molecule has 2 aliphatic rings. The molecular formula is C24H40IN5O. The molecule has 1 aromatic rings. The van der Waals surface area contributed by atoms with E-state index in [0.29, 0.717) is 6.54 Å². The number of likely N-dealkylation sites (tertiary alicyclic amines) is 1. The molecule has 31 heavy (non-hydrogen) atoms. The minimum Gasteiger partial charge on any atom is -0.357 e. The minimum atomic E-state index is 0. The van der Waals surface area contributed by atoms with Crippen molar-refractivity contribution in [1.29, 1.82) is 0 Å². The number of aliphatic imine (C=N–C) groups is 1. The van der Waals surface area contributed by atoms with Crippen molar-refractivity contribution in [3.63, 3.8) is 0 Å². The van der Waals surface area contributed by atoms with E-state index in [1.807, 2.05) is 18.2 Å². The standard InChI is InChI=1S/C24H39N5O.HI/c1-4-25-23(27-18-24(2,3)29-14-6-5-7-15-29)26-17-19-10-8-13-21(16-19)28-22(30)20-11-9-12-20;/h8,10,13,16,20H,4-7,9,11-12,14-15,17-18H2,1-3H3,(H,28,30)(H2,25,26,27);1H. The fourth-order valence-corrected chi connectivity index (χ4v) is 4.09. The van der Waals surface area contributed by atoms with Crippen molar-refractivity contribution >= 4 is 41.5 Å². The number of hydrogen-bond donors (Lipinski definition) is 3. The topological polar surface area (TPSA) is 68.8 Å². The molecule has 7 heteroatoms. The van der Waals surface area contributed by atoms with Crippen LogP contribution in [0.1, 0.15) is 64.9 Å². The minimum absolute atomic E-state index is 0. The maximum Gasteiger partial charge on any atom is 0.227 e. The molecule has 1 saturated carbocycles. The second kappa shape index (κ2) is 12.6. The Labute approximate surface area is 205 Å². The summed E-state index contributed by atoms with van der Waals surface area (Å²) in [4.78, 5) is 19.6. The van der Waals surface area contributed by atoms with Crippen LogP contribution in [-0.4, -0.2) is 48.5 Å². The van der Waals surface area contributed by atoms with E-state index in [1.54, 1.807) is 0 Å². The second-order valence-corrected chi connectivity index (χ2v) is 9.23. The number of rotatable bonds is 8. The van der Waals surface area contributed by atoms with Crippen LogP contribution in [-0.2, 0) is 11.3 Å². The monoisotopic (exact) mass is 541 g/mol. The lowest BCUT2D eigenvalue weighted by molar-refractivity contribution is -0.122. The Morgan fingerprint density at radius 2 is 1.87 bits per heavy atom. The van der Waals surface area contributed by atoms with Crippen LogP contribution in [0.3, 0.4) is 0 Å². The molecule has 3 rings (SSSR count). The first-order chi connectivity index (χ1) is 14.5. The summed E-state index contributed by atoms with van der Waals surface area (Å²) < 4.78 is 0. The van der Waals surface area contributed by atoms with Crippen LogP contribution >= 0.6 is 24.0 Å². The highest BCUT2D eigenvalue weighted by molar-refractivity contribution is 14.0. The molecule has 174 valence electrons. The zero-order chi connectivity index (χ0) is 21.4. The van der Waals surface area contributed by atoms with E-state index in [9.17, 15) is 4.79 Å². The van der Waals surface area contributed by atoms with Crippen LogP contribution in [0.25, 0.3) is 0 Å². The molecule has 0 unspecified atom stereocenters. The highest BCUT2D eigenvalue weighted by atomic mass is 127. The quantitative estimate of drug-likeness (QED) is 0.260. The van der Waals surface area contributed by atoms with Gasteiger partial charge in [0.05, 0.1) is 6.54 Å². The number of anilines is 1. The number of carbonyl (C=O) groups excluding carboxylic acids is 1. The van der Waals surface area contributed by atoms with Crippen molar-refractivity contribution in [2.75, 3.05) is 31.5 Å². The first-order valence-corrected chi connectivity index (χ1v) is 11.6. The molecule has 0 bridgehead atoms. The van der Waals surface area contributed by atoms with Crippen molar-refractivity contribution in [2.24, 2.45) is 10.9 Å². The number of piperidine rings is 1. The molecule has 1 saturated heterocycles. The number of nitrogens with zero attached hydrogens (tertiary/aromatic N) is 2. The molecule has 0 atom stereocenters. The maximum atomic E-state index is 12.2. The molecule has 1 amide bonds. The zero-order valence-electron chi connectivity index (χ0n) is 19.4. The van der Waals surface area contributed by atoms with Crippen molar-refractivity contribution in [3.05, 3.63) is 29.8 Å². The summed E-state index contributed by atoms with van der Waals surface area (Å²) >= 11 is 0. The van der Waals surface area contributed by atoms with Gasteiger partial charge < -0.3 is 16.0 Å². The normalized spacial score (nSPS) is 18.0. The Kier molecular flexibility index (Phi) is 10.6. The third-order valence-electron chi connectivity index (χ3n) is 6.34. The molecule has 1 heterocycles. The average Bonchev–Trinajstić information content (AvgIpc) is 2.70. The van der Waals surface area contributed by atoms with Crippen LogP contribution in [0.5, 0.6) is 0 Å². The number of hydrogen-bond acceptors (Lipinski definition) is 3. The third kappa shape index (κ3) is 7.93. The summed E-state index contributed by atoms with van der Waals surface area (Å²) in [6, 6.07) is 8.03. The van der Waals surface area contributed by atoms with Gasteiger partial charge in [-0.25, -0.2) is 4.99 Å². The lowest BCUT2D eigenvalue weighted by atomic mass is 9.85. The van der Waals surface area contributed by atoms with Gasteiger partial charge in [-0.05, 0) is 77.2 Å². The summed E-state index contributed by atoms with van der Waals surface area (Å²) in [7, 11) is 0. The van der Waals surface area contributed by atoms with Gasteiger partial charge in [0.1, 0.15) is 0 Å². The predicted octanol–water partition coefficient (Wildman–Crippen LogP) is 4.36. The first-order valence-electron chi connectivity index (χ1n) is 11.6. The van der Waals surface area contributed by atoms with Crippen molar-refractivity contribution in [1.82, 2.24) is 15.5 Å². The molecule has 6 nitrogen and oxygen atoms in total. The summed E-state index contributed by atoms with van der Waals surface area (Å²) in [6.07, 6.45) is 7.14. The van der Waals surface area contributed by atoms with Crippen LogP contribution in [0.4, 0.5) is 5.69 Å². The zero-order valence-corrected chi connectivity index (χ0v) is 21.7. The van der Waals surface area contributed by atoms with Crippen LogP contribution in [0, 0.1) is 5.92 Å². The molecule has 0 aromatic heterocycles. The Bertz CT molecular complexity index is 726. The van der Waals surface area contributed by atoms with Gasteiger partial charge >= 0.3 is 0 Å². The molecule has 3 N–H and O–H groups in total. The number of carbonyl (C=O) groups is 1. The molecule has 1 aromatic carbocycles. The largest absolute Gasteiger partial charge is 0.357 e.